The highest BCUT2D eigenvalue weighted by Crippen LogP contribution is 2.66. The Kier molecular flexibility index (Phi) is 7.72. The first-order valence-electron chi connectivity index (χ1n) is 14.3. The Balaban J connectivity index is 1.60. The zero-order valence-electron chi connectivity index (χ0n) is 23.5. The predicted molar refractivity (Wildman–Crippen MR) is 154 cm³/mol. The van der Waals surface area contributed by atoms with Crippen LogP contribution in [0.15, 0.2) is 54.6 Å². The van der Waals surface area contributed by atoms with Crippen molar-refractivity contribution in [2.24, 2.45) is 11.8 Å². The van der Waals surface area contributed by atoms with Crippen molar-refractivity contribution in [3.05, 3.63) is 60.2 Å². The fourth-order valence-corrected chi connectivity index (χ4v) is 9.40. The topological polar surface area (TPSA) is 81.2 Å². The molecule has 0 saturated carbocycles. The third kappa shape index (κ3) is 4.44. The van der Waals surface area contributed by atoms with Crippen LogP contribution < -0.4 is 0 Å². The number of amides is 3. The minimum atomic E-state index is -0.882. The Labute approximate surface area is 236 Å². The minimum absolute atomic E-state index is 0.0304. The van der Waals surface area contributed by atoms with Gasteiger partial charge < -0.3 is 19.8 Å². The van der Waals surface area contributed by atoms with Gasteiger partial charge in [0.1, 0.15) is 6.04 Å². The number of carbonyl (C=O) groups excluding carboxylic acids is 3. The third-order valence-corrected chi connectivity index (χ3v) is 10.9. The second-order valence-electron chi connectivity index (χ2n) is 11.6. The lowest BCUT2D eigenvalue weighted by atomic mass is 9.74. The minimum Gasteiger partial charge on any atom is -0.394 e. The third-order valence-electron chi connectivity index (χ3n) is 9.14. The van der Waals surface area contributed by atoms with Crippen LogP contribution in [0.5, 0.6) is 0 Å². The first-order chi connectivity index (χ1) is 18.7. The van der Waals surface area contributed by atoms with Gasteiger partial charge >= 0.3 is 0 Å². The number of rotatable bonds is 8. The number of aliphatic hydroxyl groups excluding tert-OH is 1. The van der Waals surface area contributed by atoms with E-state index in [4.69, 9.17) is 0 Å². The fourth-order valence-electron chi connectivity index (χ4n) is 7.25. The Morgan fingerprint density at radius 1 is 1.00 bits per heavy atom. The van der Waals surface area contributed by atoms with Gasteiger partial charge in [-0.15, -0.1) is 11.8 Å². The van der Waals surface area contributed by atoms with Crippen LogP contribution in [0, 0.1) is 11.8 Å². The van der Waals surface area contributed by atoms with Crippen molar-refractivity contribution in [3.63, 3.8) is 0 Å². The number of carbonyl (C=O) groups is 3. The fraction of sp³-hybridized carbons (Fsp3) is 0.581. The lowest BCUT2D eigenvalue weighted by molar-refractivity contribution is -0.148. The molecule has 0 aliphatic carbocycles. The summed E-state index contributed by atoms with van der Waals surface area (Å²) < 4.78 is -1.52. The summed E-state index contributed by atoms with van der Waals surface area (Å²) in [6.07, 6.45) is 10.6. The average Bonchev–Trinajstić information content (AvgIpc) is 3.19. The summed E-state index contributed by atoms with van der Waals surface area (Å²) in [5.41, 5.74) is 1.04. The van der Waals surface area contributed by atoms with Crippen molar-refractivity contribution in [2.45, 2.75) is 81.1 Å². The molecule has 4 heterocycles. The SMILES string of the molecule is CCCC(C)N1CC=C[C@]23S[C@@]4(C)C=CCN(Cc5ccccc5)C(=O)[C@H]4[C@H]2C(=O)N([C@@H](CC)CO)C3C1=O. The van der Waals surface area contributed by atoms with Crippen LogP contribution in [-0.2, 0) is 20.9 Å². The van der Waals surface area contributed by atoms with E-state index in [0.29, 0.717) is 26.1 Å². The van der Waals surface area contributed by atoms with Gasteiger partial charge in [0.2, 0.25) is 17.7 Å². The Morgan fingerprint density at radius 2 is 1.72 bits per heavy atom. The molecular weight excluding hydrogens is 510 g/mol. The van der Waals surface area contributed by atoms with Crippen molar-refractivity contribution < 1.29 is 19.5 Å². The first kappa shape index (κ1) is 28.0. The van der Waals surface area contributed by atoms with E-state index in [9.17, 15) is 19.5 Å². The summed E-state index contributed by atoms with van der Waals surface area (Å²) in [6, 6.07) is 8.70. The van der Waals surface area contributed by atoms with Crippen LogP contribution in [0.4, 0.5) is 0 Å². The van der Waals surface area contributed by atoms with E-state index in [1.165, 1.54) is 0 Å². The molecule has 1 spiro atoms. The van der Waals surface area contributed by atoms with Crippen molar-refractivity contribution in [1.82, 2.24) is 14.7 Å². The van der Waals surface area contributed by atoms with E-state index in [1.807, 2.05) is 59.2 Å². The smallest absolute Gasteiger partial charge is 0.247 e. The van der Waals surface area contributed by atoms with Crippen LogP contribution in [0.1, 0.15) is 52.5 Å². The van der Waals surface area contributed by atoms with Gasteiger partial charge in [-0.05, 0) is 32.3 Å². The molecule has 5 rings (SSSR count). The number of aliphatic hydroxyl groups is 1. The maximum absolute atomic E-state index is 14.5. The summed E-state index contributed by atoms with van der Waals surface area (Å²) in [5.74, 6) is -1.61. The lowest BCUT2D eigenvalue weighted by Gasteiger charge is -2.40. The van der Waals surface area contributed by atoms with Crippen molar-refractivity contribution >= 4 is 29.5 Å². The molecule has 1 N–H and O–H groups in total. The number of nitrogens with zero attached hydrogens (tertiary/aromatic N) is 3. The molecule has 0 aromatic heterocycles. The quantitative estimate of drug-likeness (QED) is 0.499. The van der Waals surface area contributed by atoms with Gasteiger partial charge in [0, 0.05) is 30.4 Å². The van der Waals surface area contributed by atoms with Crippen LogP contribution in [0.2, 0.25) is 0 Å². The van der Waals surface area contributed by atoms with Gasteiger partial charge in [-0.1, -0.05) is 74.9 Å². The van der Waals surface area contributed by atoms with Gasteiger partial charge in [-0.25, -0.2) is 0 Å². The maximum atomic E-state index is 14.5. The van der Waals surface area contributed by atoms with E-state index in [2.05, 4.69) is 32.9 Å². The zero-order valence-corrected chi connectivity index (χ0v) is 24.3. The molecule has 3 amide bonds. The standard InChI is InChI=1S/C31H41N3O4S/c1-5-12-21(3)33-18-11-16-31-25(28(37)34(23(6-2)20-35)26(31)29(33)38)24-27(36)32(17-10-15-30(24,4)39-31)19-22-13-8-7-9-14-22/h7-11,13-16,21,23-26,35H,5-6,12,17-20H2,1-4H3/t21?,23-,24+,25-,26?,30-,31-/m0/s1. The molecule has 0 radical (unpaired) electrons. The van der Waals surface area contributed by atoms with Crippen molar-refractivity contribution in [2.75, 3.05) is 19.7 Å². The number of fused-ring (bicyclic) bond motifs is 2. The normalized spacial score (nSPS) is 33.5. The number of hydrogen-bond acceptors (Lipinski definition) is 5. The summed E-state index contributed by atoms with van der Waals surface area (Å²) in [4.78, 5) is 48.7. The molecule has 1 aromatic carbocycles. The van der Waals surface area contributed by atoms with Crippen molar-refractivity contribution in [3.8, 4) is 0 Å². The molecule has 7 atom stereocenters. The van der Waals surface area contributed by atoms with Crippen molar-refractivity contribution in [1.29, 1.82) is 0 Å². The molecule has 2 fully saturated rings. The van der Waals surface area contributed by atoms with E-state index < -0.39 is 33.4 Å². The summed E-state index contributed by atoms with van der Waals surface area (Å²) in [6.45, 7) is 9.36. The monoisotopic (exact) mass is 551 g/mol. The number of likely N-dealkylation sites (tertiary alicyclic amines) is 1. The molecule has 4 aliphatic rings. The van der Waals surface area contributed by atoms with Gasteiger partial charge in [-0.3, -0.25) is 14.4 Å². The maximum Gasteiger partial charge on any atom is 0.247 e. The number of hydrogen-bond donors (Lipinski definition) is 1. The summed E-state index contributed by atoms with van der Waals surface area (Å²) in [7, 11) is 0. The Hall–Kier alpha value is -2.58. The second-order valence-corrected chi connectivity index (χ2v) is 13.4. The van der Waals surface area contributed by atoms with E-state index >= 15 is 0 Å². The van der Waals surface area contributed by atoms with Crippen LogP contribution in [0.25, 0.3) is 0 Å². The second kappa shape index (κ2) is 10.8. The molecule has 7 nitrogen and oxygen atoms in total. The largest absolute Gasteiger partial charge is 0.394 e. The highest BCUT2D eigenvalue weighted by molar-refractivity contribution is 8.02. The molecule has 39 heavy (non-hydrogen) atoms. The molecule has 1 aromatic rings. The lowest BCUT2D eigenvalue weighted by Crippen LogP contribution is -2.57. The molecule has 2 unspecified atom stereocenters. The highest BCUT2D eigenvalue weighted by Gasteiger charge is 2.74. The zero-order chi connectivity index (χ0) is 27.9. The van der Waals surface area contributed by atoms with Crippen LogP contribution in [-0.4, -0.2) is 84.8 Å². The van der Waals surface area contributed by atoms with Gasteiger partial charge in [0.25, 0.3) is 0 Å². The van der Waals surface area contributed by atoms with E-state index in [0.717, 1.165) is 18.4 Å². The van der Waals surface area contributed by atoms with E-state index in [-0.39, 0.29) is 30.4 Å². The summed E-state index contributed by atoms with van der Waals surface area (Å²) in [5, 5.41) is 10.3. The van der Waals surface area contributed by atoms with Crippen LogP contribution >= 0.6 is 11.8 Å². The molecule has 4 aliphatic heterocycles. The highest BCUT2D eigenvalue weighted by atomic mass is 32.2. The molecule has 8 heteroatoms. The molecular formula is C31H41N3O4S. The number of benzene rings is 1. The first-order valence-corrected chi connectivity index (χ1v) is 15.2. The van der Waals surface area contributed by atoms with Crippen LogP contribution in [0.3, 0.4) is 0 Å². The van der Waals surface area contributed by atoms with Gasteiger partial charge in [0.15, 0.2) is 0 Å². The predicted octanol–water partition coefficient (Wildman–Crippen LogP) is 3.63. The Bertz CT molecular complexity index is 1170. The Morgan fingerprint density at radius 3 is 2.38 bits per heavy atom. The molecule has 2 saturated heterocycles. The van der Waals surface area contributed by atoms with E-state index in [1.54, 1.807) is 16.7 Å². The average molecular weight is 552 g/mol. The summed E-state index contributed by atoms with van der Waals surface area (Å²) >= 11 is 1.60. The molecule has 0 bridgehead atoms. The van der Waals surface area contributed by atoms with Gasteiger partial charge in [0.05, 0.1) is 29.2 Å². The molecule has 210 valence electrons. The number of thioether (sulfide) groups is 1. The van der Waals surface area contributed by atoms with Gasteiger partial charge in [-0.2, -0.15) is 0 Å².